The van der Waals surface area contributed by atoms with E-state index in [4.69, 9.17) is 20.9 Å². The first-order valence-corrected chi connectivity index (χ1v) is 7.84. The van der Waals surface area contributed by atoms with Crippen LogP contribution in [0.15, 0.2) is 22.7 Å². The van der Waals surface area contributed by atoms with E-state index in [0.717, 1.165) is 0 Å². The van der Waals surface area contributed by atoms with Crippen LogP contribution in [0.5, 0.6) is 5.75 Å². The van der Waals surface area contributed by atoms with E-state index < -0.39 is 0 Å². The Bertz CT molecular complexity index is 729. The van der Waals surface area contributed by atoms with Gasteiger partial charge in [-0.1, -0.05) is 30.6 Å². The number of nitrogens with zero attached hydrogens (tertiary/aromatic N) is 3. The molecule has 1 aliphatic heterocycles. The summed E-state index contributed by atoms with van der Waals surface area (Å²) in [5, 5.41) is 4.52. The molecule has 3 rings (SSSR count). The molecule has 0 unspecified atom stereocenters. The third kappa shape index (κ3) is 3.03. The molecule has 1 fully saturated rings. The van der Waals surface area contributed by atoms with Crippen LogP contribution >= 0.6 is 11.6 Å². The fourth-order valence-corrected chi connectivity index (χ4v) is 2.79. The summed E-state index contributed by atoms with van der Waals surface area (Å²) in [5.41, 5.74) is 0.663. The van der Waals surface area contributed by atoms with Crippen molar-refractivity contribution >= 4 is 23.2 Å². The second-order valence-electron chi connectivity index (χ2n) is 5.87. The van der Waals surface area contributed by atoms with Gasteiger partial charge in [0.2, 0.25) is 11.8 Å². The highest BCUT2D eigenvalue weighted by Crippen LogP contribution is 2.37. The Kier molecular flexibility index (Phi) is 4.26. The SMILES string of the molecule is COc1ccc(Cl)cc1N1C[C@H](c2nc(C(C)C)no2)CC1=O. The van der Waals surface area contributed by atoms with Crippen molar-refractivity contribution in [2.24, 2.45) is 0 Å². The van der Waals surface area contributed by atoms with Crippen molar-refractivity contribution in [1.82, 2.24) is 10.1 Å². The quantitative estimate of drug-likeness (QED) is 0.856. The smallest absolute Gasteiger partial charge is 0.232 e. The number of hydrogen-bond acceptors (Lipinski definition) is 5. The van der Waals surface area contributed by atoms with Crippen LogP contribution in [0.2, 0.25) is 5.02 Å². The molecule has 1 aliphatic rings. The molecule has 0 radical (unpaired) electrons. The van der Waals surface area contributed by atoms with Gasteiger partial charge >= 0.3 is 0 Å². The van der Waals surface area contributed by atoms with Crippen LogP contribution < -0.4 is 9.64 Å². The monoisotopic (exact) mass is 335 g/mol. The predicted octanol–water partition coefficient (Wildman–Crippen LogP) is 3.38. The second-order valence-corrected chi connectivity index (χ2v) is 6.30. The molecule has 0 saturated carbocycles. The fourth-order valence-electron chi connectivity index (χ4n) is 2.63. The Morgan fingerprint density at radius 3 is 2.87 bits per heavy atom. The molecule has 0 aliphatic carbocycles. The van der Waals surface area contributed by atoms with Crippen LogP contribution in [0.4, 0.5) is 5.69 Å². The van der Waals surface area contributed by atoms with E-state index in [1.54, 1.807) is 30.2 Å². The van der Waals surface area contributed by atoms with Crippen molar-refractivity contribution in [2.75, 3.05) is 18.6 Å². The van der Waals surface area contributed by atoms with Gasteiger partial charge in [-0.2, -0.15) is 4.98 Å². The first-order valence-electron chi connectivity index (χ1n) is 7.47. The van der Waals surface area contributed by atoms with Crippen molar-refractivity contribution in [1.29, 1.82) is 0 Å². The number of aromatic nitrogens is 2. The van der Waals surface area contributed by atoms with E-state index in [2.05, 4.69) is 10.1 Å². The number of rotatable bonds is 4. The first-order chi connectivity index (χ1) is 11.0. The molecule has 1 aromatic heterocycles. The number of benzene rings is 1. The molecule has 2 aromatic rings. The summed E-state index contributed by atoms with van der Waals surface area (Å²) >= 11 is 6.06. The standard InChI is InChI=1S/C16H18ClN3O3/c1-9(2)15-18-16(23-19-15)10-6-14(21)20(8-10)12-7-11(17)4-5-13(12)22-3/h4-5,7,9-10H,6,8H2,1-3H3/t10-/m1/s1. The number of carbonyl (C=O) groups is 1. The minimum atomic E-state index is -0.119. The molecular formula is C16H18ClN3O3. The molecule has 1 aromatic carbocycles. The number of halogens is 1. The van der Waals surface area contributed by atoms with Crippen LogP contribution in [-0.2, 0) is 4.79 Å². The molecule has 1 saturated heterocycles. The maximum atomic E-state index is 12.4. The van der Waals surface area contributed by atoms with E-state index in [9.17, 15) is 4.79 Å². The maximum absolute atomic E-state index is 12.4. The molecule has 1 amide bonds. The Balaban J connectivity index is 1.86. The summed E-state index contributed by atoms with van der Waals surface area (Å²) in [6, 6.07) is 5.21. The zero-order chi connectivity index (χ0) is 16.6. The largest absolute Gasteiger partial charge is 0.495 e. The molecule has 1 atom stereocenters. The summed E-state index contributed by atoms with van der Waals surface area (Å²) in [5.74, 6) is 1.83. The van der Waals surface area contributed by atoms with E-state index in [0.29, 0.717) is 41.1 Å². The molecule has 2 heterocycles. The number of amides is 1. The molecule has 23 heavy (non-hydrogen) atoms. The van der Waals surface area contributed by atoms with Gasteiger partial charge in [-0.05, 0) is 18.2 Å². The Morgan fingerprint density at radius 2 is 2.22 bits per heavy atom. The minimum Gasteiger partial charge on any atom is -0.495 e. The molecule has 122 valence electrons. The van der Waals surface area contributed by atoms with Crippen LogP contribution in [0.25, 0.3) is 0 Å². The minimum absolute atomic E-state index is 0.0140. The zero-order valence-corrected chi connectivity index (χ0v) is 14.0. The molecular weight excluding hydrogens is 318 g/mol. The second kappa shape index (κ2) is 6.20. The van der Waals surface area contributed by atoms with Gasteiger partial charge in [0.1, 0.15) is 5.75 Å². The van der Waals surface area contributed by atoms with Gasteiger partial charge in [0.05, 0.1) is 18.7 Å². The zero-order valence-electron chi connectivity index (χ0n) is 13.2. The molecule has 0 bridgehead atoms. The summed E-state index contributed by atoms with van der Waals surface area (Å²) in [7, 11) is 1.57. The number of anilines is 1. The Hall–Kier alpha value is -2.08. The number of ether oxygens (including phenoxy) is 1. The fraction of sp³-hybridized carbons (Fsp3) is 0.438. The van der Waals surface area contributed by atoms with E-state index in [1.165, 1.54) is 0 Å². The van der Waals surface area contributed by atoms with Crippen molar-refractivity contribution in [3.05, 3.63) is 34.9 Å². The van der Waals surface area contributed by atoms with Gasteiger partial charge in [-0.25, -0.2) is 0 Å². The van der Waals surface area contributed by atoms with Crippen molar-refractivity contribution in [3.8, 4) is 5.75 Å². The van der Waals surface area contributed by atoms with Crippen molar-refractivity contribution < 1.29 is 14.1 Å². The average Bonchev–Trinajstić information content (AvgIpc) is 3.13. The number of carbonyl (C=O) groups excluding carboxylic acids is 1. The van der Waals surface area contributed by atoms with E-state index in [1.807, 2.05) is 13.8 Å². The van der Waals surface area contributed by atoms with Gasteiger partial charge in [0.15, 0.2) is 5.82 Å². The molecule has 7 heteroatoms. The third-order valence-corrected chi connectivity index (χ3v) is 4.11. The summed E-state index contributed by atoms with van der Waals surface area (Å²) in [6.07, 6.45) is 0.329. The van der Waals surface area contributed by atoms with Gasteiger partial charge < -0.3 is 14.2 Å². The first kappa shape index (κ1) is 15.8. The predicted molar refractivity (Wildman–Crippen MR) is 86.1 cm³/mol. The van der Waals surface area contributed by atoms with Crippen LogP contribution in [0.3, 0.4) is 0 Å². The lowest BCUT2D eigenvalue weighted by molar-refractivity contribution is -0.117. The maximum Gasteiger partial charge on any atom is 0.232 e. The summed E-state index contributed by atoms with van der Waals surface area (Å²) < 4.78 is 10.7. The van der Waals surface area contributed by atoms with E-state index in [-0.39, 0.29) is 17.7 Å². The van der Waals surface area contributed by atoms with Crippen molar-refractivity contribution in [2.45, 2.75) is 32.1 Å². The third-order valence-electron chi connectivity index (χ3n) is 3.88. The van der Waals surface area contributed by atoms with Gasteiger partial charge in [0, 0.05) is 23.9 Å². The normalized spacial score (nSPS) is 18.0. The highest BCUT2D eigenvalue weighted by molar-refractivity contribution is 6.31. The topological polar surface area (TPSA) is 68.5 Å². The molecule has 0 N–H and O–H groups in total. The number of hydrogen-bond donors (Lipinski definition) is 0. The van der Waals surface area contributed by atoms with Crippen LogP contribution in [-0.4, -0.2) is 29.7 Å². The van der Waals surface area contributed by atoms with Gasteiger partial charge in [-0.3, -0.25) is 4.79 Å². The lowest BCUT2D eigenvalue weighted by atomic mass is 10.1. The lowest BCUT2D eigenvalue weighted by Crippen LogP contribution is -2.24. The van der Waals surface area contributed by atoms with Crippen LogP contribution in [0.1, 0.15) is 43.8 Å². The number of methoxy groups -OCH3 is 1. The highest BCUT2D eigenvalue weighted by atomic mass is 35.5. The average molecular weight is 336 g/mol. The lowest BCUT2D eigenvalue weighted by Gasteiger charge is -2.19. The Morgan fingerprint density at radius 1 is 1.43 bits per heavy atom. The molecule has 6 nitrogen and oxygen atoms in total. The summed E-state index contributed by atoms with van der Waals surface area (Å²) in [6.45, 7) is 4.46. The van der Waals surface area contributed by atoms with Gasteiger partial charge in [0.25, 0.3) is 0 Å². The Labute approximate surface area is 139 Å². The van der Waals surface area contributed by atoms with Gasteiger partial charge in [-0.15, -0.1) is 0 Å². The van der Waals surface area contributed by atoms with E-state index >= 15 is 0 Å². The highest BCUT2D eigenvalue weighted by Gasteiger charge is 2.36. The molecule has 0 spiro atoms. The van der Waals surface area contributed by atoms with Crippen molar-refractivity contribution in [3.63, 3.8) is 0 Å². The van der Waals surface area contributed by atoms with Crippen LogP contribution in [0, 0.1) is 0 Å². The summed E-state index contributed by atoms with van der Waals surface area (Å²) in [4.78, 5) is 18.5.